The molecule has 0 aromatic heterocycles. The van der Waals surface area contributed by atoms with Gasteiger partial charge in [0.05, 0.1) is 16.0 Å². The number of carbonyl (C=O) groups is 2. The van der Waals surface area contributed by atoms with E-state index in [0.717, 1.165) is 9.80 Å². The Morgan fingerprint density at radius 3 is 2.65 bits per heavy atom. The maximum Gasteiger partial charge on any atom is 0.247 e. The zero-order valence-electron chi connectivity index (χ0n) is 11.8. The summed E-state index contributed by atoms with van der Waals surface area (Å²) >= 11 is 13.4. The number of amides is 2. The Hall–Kier alpha value is -1.69. The predicted molar refractivity (Wildman–Crippen MR) is 94.1 cm³/mol. The van der Waals surface area contributed by atoms with E-state index < -0.39 is 5.25 Å². The number of thioether (sulfide) groups is 1. The lowest BCUT2D eigenvalue weighted by Gasteiger charge is -2.16. The van der Waals surface area contributed by atoms with E-state index in [4.69, 9.17) is 28.9 Å². The Balaban J connectivity index is 1.87. The van der Waals surface area contributed by atoms with Gasteiger partial charge in [-0.05, 0) is 36.4 Å². The summed E-state index contributed by atoms with van der Waals surface area (Å²) in [6.07, 6.45) is 0.112. The van der Waals surface area contributed by atoms with Crippen LogP contribution in [0.3, 0.4) is 0 Å². The molecule has 0 aliphatic carbocycles. The van der Waals surface area contributed by atoms with Gasteiger partial charge >= 0.3 is 0 Å². The number of rotatable bonds is 3. The van der Waals surface area contributed by atoms with Gasteiger partial charge in [-0.1, -0.05) is 29.3 Å². The molecule has 1 heterocycles. The van der Waals surface area contributed by atoms with Gasteiger partial charge in [-0.3, -0.25) is 9.59 Å². The first kappa shape index (κ1) is 16.2. The molecule has 2 aromatic carbocycles. The number of nitrogen functional groups attached to an aromatic ring is 1. The molecule has 0 saturated carbocycles. The van der Waals surface area contributed by atoms with Crippen LogP contribution in [0, 0.1) is 0 Å². The standard InChI is InChI=1S/C16H12Cl2N2O2S/c17-9-4-5-12(18)13(6-9)20-15(21)8-14(16(20)22)23-11-3-1-2-10(19)7-11/h1-7,14H,8,19H2/t14-/m1/s1. The highest BCUT2D eigenvalue weighted by atomic mass is 35.5. The molecule has 7 heteroatoms. The lowest BCUT2D eigenvalue weighted by Crippen LogP contribution is -2.31. The van der Waals surface area contributed by atoms with Crippen molar-refractivity contribution in [3.63, 3.8) is 0 Å². The Morgan fingerprint density at radius 1 is 1.13 bits per heavy atom. The number of halogens is 2. The van der Waals surface area contributed by atoms with Crippen LogP contribution in [-0.4, -0.2) is 17.1 Å². The monoisotopic (exact) mass is 366 g/mol. The van der Waals surface area contributed by atoms with Crippen molar-refractivity contribution < 1.29 is 9.59 Å². The average Bonchev–Trinajstić information content (AvgIpc) is 2.76. The summed E-state index contributed by atoms with van der Waals surface area (Å²) in [5.41, 5.74) is 6.68. The van der Waals surface area contributed by atoms with Crippen LogP contribution in [0.1, 0.15) is 6.42 Å². The molecule has 1 aliphatic rings. The van der Waals surface area contributed by atoms with Crippen LogP contribution < -0.4 is 10.6 Å². The zero-order valence-corrected chi connectivity index (χ0v) is 14.2. The highest BCUT2D eigenvalue weighted by Crippen LogP contribution is 2.37. The molecule has 2 N–H and O–H groups in total. The van der Waals surface area contributed by atoms with E-state index in [2.05, 4.69) is 0 Å². The molecular weight excluding hydrogens is 355 g/mol. The van der Waals surface area contributed by atoms with Gasteiger partial charge in [0.15, 0.2) is 0 Å². The molecular formula is C16H12Cl2N2O2S. The SMILES string of the molecule is Nc1cccc(S[C@@H]2CC(=O)N(c3cc(Cl)ccc3Cl)C2=O)c1. The van der Waals surface area contributed by atoms with Gasteiger partial charge in [-0.25, -0.2) is 4.90 Å². The van der Waals surface area contributed by atoms with Gasteiger partial charge in [0.2, 0.25) is 11.8 Å². The van der Waals surface area contributed by atoms with Crippen molar-refractivity contribution in [1.29, 1.82) is 0 Å². The van der Waals surface area contributed by atoms with Crippen molar-refractivity contribution >= 4 is 58.2 Å². The Morgan fingerprint density at radius 2 is 1.91 bits per heavy atom. The number of hydrogen-bond acceptors (Lipinski definition) is 4. The first-order valence-corrected chi connectivity index (χ1v) is 8.43. The van der Waals surface area contributed by atoms with E-state index in [1.807, 2.05) is 12.1 Å². The Labute approximate surface area is 147 Å². The minimum Gasteiger partial charge on any atom is -0.399 e. The molecule has 1 saturated heterocycles. The van der Waals surface area contributed by atoms with Gasteiger partial charge < -0.3 is 5.73 Å². The first-order valence-electron chi connectivity index (χ1n) is 6.80. The summed E-state index contributed by atoms with van der Waals surface area (Å²) in [6, 6.07) is 11.9. The molecule has 1 fully saturated rings. The molecule has 23 heavy (non-hydrogen) atoms. The Kier molecular flexibility index (Phi) is 4.53. The summed E-state index contributed by atoms with van der Waals surface area (Å²) in [6.45, 7) is 0. The third-order valence-electron chi connectivity index (χ3n) is 3.39. The zero-order chi connectivity index (χ0) is 16.6. The van der Waals surface area contributed by atoms with E-state index in [1.165, 1.54) is 17.8 Å². The van der Waals surface area contributed by atoms with Gasteiger partial charge in [0.25, 0.3) is 0 Å². The second-order valence-electron chi connectivity index (χ2n) is 5.05. The first-order chi connectivity index (χ1) is 11.0. The van der Waals surface area contributed by atoms with Crippen LogP contribution in [0.15, 0.2) is 47.4 Å². The van der Waals surface area contributed by atoms with Gasteiger partial charge in [0, 0.05) is 22.0 Å². The molecule has 1 aliphatic heterocycles. The van der Waals surface area contributed by atoms with E-state index in [1.54, 1.807) is 24.3 Å². The number of carbonyl (C=O) groups excluding carboxylic acids is 2. The predicted octanol–water partition coefficient (Wildman–Crippen LogP) is 4.00. The summed E-state index contributed by atoms with van der Waals surface area (Å²) in [4.78, 5) is 26.9. The summed E-state index contributed by atoms with van der Waals surface area (Å²) in [5, 5.41) is 0.224. The highest BCUT2D eigenvalue weighted by molar-refractivity contribution is 8.00. The maximum atomic E-state index is 12.6. The number of hydrogen-bond donors (Lipinski definition) is 1. The third kappa shape index (κ3) is 3.32. The molecule has 0 unspecified atom stereocenters. The van der Waals surface area contributed by atoms with Crippen LogP contribution in [-0.2, 0) is 9.59 Å². The minimum atomic E-state index is -0.501. The van der Waals surface area contributed by atoms with Crippen LogP contribution in [0.4, 0.5) is 11.4 Å². The number of anilines is 2. The van der Waals surface area contributed by atoms with E-state index >= 15 is 0 Å². The van der Waals surface area contributed by atoms with Crippen LogP contribution >= 0.6 is 35.0 Å². The van der Waals surface area contributed by atoms with Gasteiger partial charge in [-0.15, -0.1) is 11.8 Å². The molecule has 0 bridgehead atoms. The highest BCUT2D eigenvalue weighted by Gasteiger charge is 2.41. The van der Waals surface area contributed by atoms with Crippen molar-refractivity contribution in [2.24, 2.45) is 0 Å². The average molecular weight is 367 g/mol. The summed E-state index contributed by atoms with van der Waals surface area (Å²) in [5.74, 6) is -0.591. The lowest BCUT2D eigenvalue weighted by molar-refractivity contribution is -0.121. The van der Waals surface area contributed by atoms with E-state index in [-0.39, 0.29) is 18.2 Å². The minimum absolute atomic E-state index is 0.112. The van der Waals surface area contributed by atoms with Crippen molar-refractivity contribution in [3.05, 3.63) is 52.5 Å². The van der Waals surface area contributed by atoms with E-state index in [9.17, 15) is 9.59 Å². The molecule has 4 nitrogen and oxygen atoms in total. The fourth-order valence-corrected chi connectivity index (χ4v) is 3.85. The fourth-order valence-electron chi connectivity index (χ4n) is 2.36. The molecule has 0 spiro atoms. The Bertz CT molecular complexity index is 797. The van der Waals surface area contributed by atoms with Crippen molar-refractivity contribution in [1.82, 2.24) is 0 Å². The van der Waals surface area contributed by atoms with Crippen LogP contribution in [0.5, 0.6) is 0 Å². The number of nitrogens with two attached hydrogens (primary N) is 1. The summed E-state index contributed by atoms with van der Waals surface area (Å²) in [7, 11) is 0. The third-order valence-corrected chi connectivity index (χ3v) is 5.12. The number of nitrogens with zero attached hydrogens (tertiary/aromatic N) is 1. The largest absolute Gasteiger partial charge is 0.399 e. The molecule has 118 valence electrons. The smallest absolute Gasteiger partial charge is 0.247 e. The summed E-state index contributed by atoms with van der Waals surface area (Å²) < 4.78 is 0. The molecule has 1 atom stereocenters. The quantitative estimate of drug-likeness (QED) is 0.658. The van der Waals surface area contributed by atoms with Crippen LogP contribution in [0.25, 0.3) is 0 Å². The van der Waals surface area contributed by atoms with E-state index in [0.29, 0.717) is 21.4 Å². The van der Waals surface area contributed by atoms with Gasteiger partial charge in [0.1, 0.15) is 0 Å². The lowest BCUT2D eigenvalue weighted by atomic mass is 10.3. The number of imide groups is 1. The topological polar surface area (TPSA) is 63.4 Å². The second-order valence-corrected chi connectivity index (χ2v) is 7.17. The fraction of sp³-hybridized carbons (Fsp3) is 0.125. The van der Waals surface area contributed by atoms with Crippen LogP contribution in [0.2, 0.25) is 10.0 Å². The number of benzene rings is 2. The molecule has 2 aromatic rings. The van der Waals surface area contributed by atoms with Crippen molar-refractivity contribution in [2.45, 2.75) is 16.6 Å². The van der Waals surface area contributed by atoms with Crippen molar-refractivity contribution in [3.8, 4) is 0 Å². The molecule has 0 radical (unpaired) electrons. The van der Waals surface area contributed by atoms with Gasteiger partial charge in [-0.2, -0.15) is 0 Å². The van der Waals surface area contributed by atoms with Crippen molar-refractivity contribution in [2.75, 3.05) is 10.6 Å². The second kappa shape index (κ2) is 6.43. The molecule has 3 rings (SSSR count). The maximum absolute atomic E-state index is 12.6. The molecule has 2 amide bonds. The normalized spacial score (nSPS) is 17.8.